The molecule has 1 heterocycles. The highest BCUT2D eigenvalue weighted by molar-refractivity contribution is 6.00. The van der Waals surface area contributed by atoms with E-state index in [9.17, 15) is 0 Å². The van der Waals surface area contributed by atoms with Gasteiger partial charge in [-0.25, -0.2) is 4.98 Å². The van der Waals surface area contributed by atoms with E-state index in [-0.39, 0.29) is 0 Å². The molecule has 9 rings (SSSR count). The highest BCUT2D eigenvalue weighted by Gasteiger charge is 2.19. The van der Waals surface area contributed by atoms with E-state index in [1.54, 1.807) is 0 Å². The molecule has 0 aliphatic carbocycles. The van der Waals surface area contributed by atoms with Crippen molar-refractivity contribution in [2.75, 3.05) is 9.80 Å². The van der Waals surface area contributed by atoms with Crippen LogP contribution in [0.1, 0.15) is 0 Å². The first-order valence-electron chi connectivity index (χ1n) is 16.5. The van der Waals surface area contributed by atoms with Crippen molar-refractivity contribution < 1.29 is 4.42 Å². The summed E-state index contributed by atoms with van der Waals surface area (Å²) in [4.78, 5) is 9.50. The van der Waals surface area contributed by atoms with Gasteiger partial charge in [-0.1, -0.05) is 109 Å². The third kappa shape index (κ3) is 5.26. The van der Waals surface area contributed by atoms with Crippen molar-refractivity contribution in [3.05, 3.63) is 188 Å². The first-order chi connectivity index (χ1) is 24.3. The zero-order chi connectivity index (χ0) is 32.6. The lowest BCUT2D eigenvalue weighted by molar-refractivity contribution is 0.620. The SMILES string of the molecule is c1ccc(N(c2ccc(-c3nc4ccc(N(c5ccccc5)c5cccc6ccccc56)cc4o3)cc2)c2cccc3ccccc23)cc1. The zero-order valence-electron chi connectivity index (χ0n) is 26.6. The number of fused-ring (bicyclic) bond motifs is 3. The van der Waals surface area contributed by atoms with Gasteiger partial charge in [-0.05, 0) is 83.6 Å². The molecule has 0 saturated heterocycles. The van der Waals surface area contributed by atoms with Gasteiger partial charge in [-0.15, -0.1) is 0 Å². The maximum atomic E-state index is 6.48. The van der Waals surface area contributed by atoms with Gasteiger partial charge < -0.3 is 14.2 Å². The average molecular weight is 630 g/mol. The Hall–Kier alpha value is -6.65. The number of oxazole rings is 1. The van der Waals surface area contributed by atoms with Crippen LogP contribution in [0.15, 0.2) is 192 Å². The molecule has 4 heteroatoms. The van der Waals surface area contributed by atoms with Crippen LogP contribution in [-0.2, 0) is 0 Å². The van der Waals surface area contributed by atoms with E-state index in [2.05, 4.69) is 180 Å². The van der Waals surface area contributed by atoms with Gasteiger partial charge >= 0.3 is 0 Å². The minimum absolute atomic E-state index is 0.589. The topological polar surface area (TPSA) is 32.5 Å². The molecule has 0 fully saturated rings. The molecule has 8 aromatic carbocycles. The molecule has 9 aromatic rings. The Morgan fingerprint density at radius 3 is 1.45 bits per heavy atom. The molecule has 0 unspecified atom stereocenters. The number of hydrogen-bond acceptors (Lipinski definition) is 4. The third-order valence-corrected chi connectivity index (χ3v) is 9.05. The summed E-state index contributed by atoms with van der Waals surface area (Å²) in [6.07, 6.45) is 0. The summed E-state index contributed by atoms with van der Waals surface area (Å²) in [6.45, 7) is 0. The van der Waals surface area contributed by atoms with Gasteiger partial charge in [-0.3, -0.25) is 0 Å². The molecule has 0 saturated carbocycles. The van der Waals surface area contributed by atoms with E-state index in [0.29, 0.717) is 5.89 Å². The van der Waals surface area contributed by atoms with Crippen LogP contribution in [0.5, 0.6) is 0 Å². The van der Waals surface area contributed by atoms with Gasteiger partial charge in [0.2, 0.25) is 5.89 Å². The second kappa shape index (κ2) is 12.2. The van der Waals surface area contributed by atoms with E-state index in [1.807, 2.05) is 18.2 Å². The molecule has 0 N–H and O–H groups in total. The Kier molecular flexibility index (Phi) is 7.10. The summed E-state index contributed by atoms with van der Waals surface area (Å²) in [7, 11) is 0. The molecular weight excluding hydrogens is 599 g/mol. The van der Waals surface area contributed by atoms with Gasteiger partial charge in [-0.2, -0.15) is 0 Å². The molecule has 0 radical (unpaired) electrons. The molecule has 0 bridgehead atoms. The fourth-order valence-corrected chi connectivity index (χ4v) is 6.74. The molecule has 49 heavy (non-hydrogen) atoms. The second-order valence-electron chi connectivity index (χ2n) is 12.1. The average Bonchev–Trinajstić information content (AvgIpc) is 3.60. The predicted octanol–water partition coefficient (Wildman–Crippen LogP) is 12.7. The monoisotopic (exact) mass is 629 g/mol. The zero-order valence-corrected chi connectivity index (χ0v) is 26.6. The lowest BCUT2D eigenvalue weighted by atomic mass is 10.1. The largest absolute Gasteiger partial charge is 0.436 e. The summed E-state index contributed by atoms with van der Waals surface area (Å²) in [6, 6.07) is 65.6. The quantitative estimate of drug-likeness (QED) is 0.176. The number of aromatic nitrogens is 1. The van der Waals surface area contributed by atoms with Gasteiger partial charge in [0, 0.05) is 39.5 Å². The van der Waals surface area contributed by atoms with E-state index in [1.165, 1.54) is 21.5 Å². The van der Waals surface area contributed by atoms with Crippen molar-refractivity contribution in [1.82, 2.24) is 4.98 Å². The van der Waals surface area contributed by atoms with Gasteiger partial charge in [0.1, 0.15) is 5.52 Å². The Balaban J connectivity index is 1.10. The van der Waals surface area contributed by atoms with Crippen LogP contribution in [0.3, 0.4) is 0 Å². The van der Waals surface area contributed by atoms with Crippen molar-refractivity contribution in [3.8, 4) is 11.5 Å². The minimum atomic E-state index is 0.589. The Morgan fingerprint density at radius 1 is 0.388 bits per heavy atom. The fourth-order valence-electron chi connectivity index (χ4n) is 6.74. The number of para-hydroxylation sites is 2. The molecule has 0 aliphatic rings. The number of anilines is 6. The lowest BCUT2D eigenvalue weighted by Gasteiger charge is -2.27. The van der Waals surface area contributed by atoms with E-state index in [4.69, 9.17) is 9.40 Å². The number of rotatable bonds is 7. The number of hydrogen-bond donors (Lipinski definition) is 0. The van der Waals surface area contributed by atoms with Gasteiger partial charge in [0.25, 0.3) is 0 Å². The Morgan fingerprint density at radius 2 is 0.857 bits per heavy atom. The van der Waals surface area contributed by atoms with Crippen LogP contribution >= 0.6 is 0 Å². The van der Waals surface area contributed by atoms with Crippen molar-refractivity contribution in [3.63, 3.8) is 0 Å². The van der Waals surface area contributed by atoms with Gasteiger partial charge in [0.05, 0.1) is 17.1 Å². The van der Waals surface area contributed by atoms with Crippen molar-refractivity contribution >= 4 is 66.8 Å². The second-order valence-corrected chi connectivity index (χ2v) is 12.1. The molecule has 0 spiro atoms. The summed E-state index contributed by atoms with van der Waals surface area (Å²) in [5, 5.41) is 4.77. The Bertz CT molecular complexity index is 2550. The summed E-state index contributed by atoms with van der Waals surface area (Å²) >= 11 is 0. The maximum Gasteiger partial charge on any atom is 0.227 e. The summed E-state index contributed by atoms with van der Waals surface area (Å²) in [5.41, 5.74) is 8.92. The van der Waals surface area contributed by atoms with Crippen molar-refractivity contribution in [1.29, 1.82) is 0 Å². The third-order valence-electron chi connectivity index (χ3n) is 9.05. The summed E-state index contributed by atoms with van der Waals surface area (Å²) < 4.78 is 6.48. The first kappa shape index (κ1) is 28.6. The van der Waals surface area contributed by atoms with Crippen LogP contribution in [0.25, 0.3) is 44.1 Å². The highest BCUT2D eigenvalue weighted by atomic mass is 16.3. The van der Waals surface area contributed by atoms with E-state index < -0.39 is 0 Å². The highest BCUT2D eigenvalue weighted by Crippen LogP contribution is 2.42. The van der Waals surface area contributed by atoms with Crippen LogP contribution in [0, 0.1) is 0 Å². The fraction of sp³-hybridized carbons (Fsp3) is 0. The molecule has 4 nitrogen and oxygen atoms in total. The van der Waals surface area contributed by atoms with Crippen LogP contribution < -0.4 is 9.80 Å². The Labute approximate surface area is 284 Å². The molecule has 232 valence electrons. The first-order valence-corrected chi connectivity index (χ1v) is 16.5. The standard InChI is InChI=1S/C45H31N3O/c1-3-17-35(18-4-1)47(42-23-11-15-32-13-7-9-21-39(32)42)37-27-25-34(26-28-37)45-46-41-30-29-38(31-44(41)49-45)48(36-19-5-2-6-20-36)43-24-12-16-33-14-8-10-22-40(33)43/h1-31H. The molecule has 0 atom stereocenters. The van der Waals surface area contributed by atoms with Crippen LogP contribution in [-0.4, -0.2) is 4.98 Å². The predicted molar refractivity (Wildman–Crippen MR) is 204 cm³/mol. The maximum absolute atomic E-state index is 6.48. The smallest absolute Gasteiger partial charge is 0.227 e. The van der Waals surface area contributed by atoms with Crippen LogP contribution in [0.2, 0.25) is 0 Å². The molecular formula is C45H31N3O. The normalized spacial score (nSPS) is 11.3. The molecule has 1 aromatic heterocycles. The number of benzene rings is 8. The van der Waals surface area contributed by atoms with E-state index in [0.717, 1.165) is 50.8 Å². The van der Waals surface area contributed by atoms with Crippen molar-refractivity contribution in [2.45, 2.75) is 0 Å². The van der Waals surface area contributed by atoms with E-state index >= 15 is 0 Å². The van der Waals surface area contributed by atoms with Crippen LogP contribution in [0.4, 0.5) is 34.1 Å². The minimum Gasteiger partial charge on any atom is -0.436 e. The summed E-state index contributed by atoms with van der Waals surface area (Å²) in [5.74, 6) is 0.589. The lowest BCUT2D eigenvalue weighted by Crippen LogP contribution is -2.10. The van der Waals surface area contributed by atoms with Gasteiger partial charge in [0.15, 0.2) is 5.58 Å². The molecule has 0 aliphatic heterocycles. The molecule has 0 amide bonds. The van der Waals surface area contributed by atoms with Crippen molar-refractivity contribution in [2.24, 2.45) is 0 Å². The number of nitrogens with zero attached hydrogens (tertiary/aromatic N) is 3.